The third-order valence-electron chi connectivity index (χ3n) is 12.2. The van der Waals surface area contributed by atoms with E-state index in [0.29, 0.717) is 23.9 Å². The van der Waals surface area contributed by atoms with Crippen molar-refractivity contribution in [1.29, 1.82) is 0 Å². The molecule has 1 amide bonds. The van der Waals surface area contributed by atoms with Crippen molar-refractivity contribution < 1.29 is 37.3 Å². The molecule has 0 aromatic rings. The van der Waals surface area contributed by atoms with Gasteiger partial charge in [0.15, 0.2) is 0 Å². The maximum atomic E-state index is 13.5. The molecule has 0 radical (unpaired) electrons. The summed E-state index contributed by atoms with van der Waals surface area (Å²) >= 11 is 0. The number of phosphoric acid groups is 1. The van der Waals surface area contributed by atoms with Gasteiger partial charge in [0.25, 0.3) is 7.82 Å². The first kappa shape index (κ1) is 67.9. The molecule has 0 fully saturated rings. The monoisotopic (exact) mass is 1010 g/mol. The number of ether oxygens (including phenoxy) is 1. The first-order valence-electron chi connectivity index (χ1n) is 28.6. The molecule has 10 heteroatoms. The van der Waals surface area contributed by atoms with Gasteiger partial charge in [0.05, 0.1) is 33.8 Å². The summed E-state index contributed by atoms with van der Waals surface area (Å²) in [6.45, 7) is 6.63. The van der Waals surface area contributed by atoms with Crippen molar-refractivity contribution in [1.82, 2.24) is 5.32 Å². The summed E-state index contributed by atoms with van der Waals surface area (Å²) in [7, 11) is 1.14. The first-order valence-corrected chi connectivity index (χ1v) is 30.1. The Morgan fingerprint density at radius 3 is 1.41 bits per heavy atom. The fourth-order valence-corrected chi connectivity index (χ4v) is 8.45. The number of nitrogens with one attached hydrogen (secondary N) is 1. The van der Waals surface area contributed by atoms with Crippen LogP contribution in [0.4, 0.5) is 0 Å². The van der Waals surface area contributed by atoms with Crippen molar-refractivity contribution in [2.75, 3.05) is 40.9 Å². The number of hydrogen-bond acceptors (Lipinski definition) is 7. The lowest BCUT2D eigenvalue weighted by atomic mass is 10.1. The molecule has 1 N–H and O–H groups in total. The topological polar surface area (TPSA) is 114 Å². The van der Waals surface area contributed by atoms with Crippen molar-refractivity contribution in [2.45, 2.75) is 238 Å². The highest BCUT2D eigenvalue weighted by Gasteiger charge is 2.27. The van der Waals surface area contributed by atoms with Gasteiger partial charge in [-0.1, -0.05) is 234 Å². The summed E-state index contributed by atoms with van der Waals surface area (Å²) in [5.41, 5.74) is 0. The number of carbonyl (C=O) groups is 2. The smallest absolute Gasteiger partial charge is 0.306 e. The highest BCUT2D eigenvalue weighted by atomic mass is 31.2. The van der Waals surface area contributed by atoms with Crippen LogP contribution < -0.4 is 10.2 Å². The lowest BCUT2D eigenvalue weighted by Crippen LogP contribution is -2.47. The first-order chi connectivity index (χ1) is 34.4. The summed E-state index contributed by atoms with van der Waals surface area (Å²) in [6, 6.07) is -0.917. The van der Waals surface area contributed by atoms with Crippen LogP contribution in [-0.4, -0.2) is 69.4 Å². The highest BCUT2D eigenvalue weighted by Crippen LogP contribution is 2.38. The second-order valence-corrected chi connectivity index (χ2v) is 21.6. The predicted octanol–water partition coefficient (Wildman–Crippen LogP) is 16.6. The molecule has 0 aliphatic carbocycles. The van der Waals surface area contributed by atoms with E-state index >= 15 is 0 Å². The maximum Gasteiger partial charge on any atom is 0.306 e. The van der Waals surface area contributed by atoms with E-state index in [-0.39, 0.29) is 31.3 Å². The summed E-state index contributed by atoms with van der Waals surface area (Å²) < 4.78 is 30.2. The summed E-state index contributed by atoms with van der Waals surface area (Å²) in [6.07, 6.45) is 66.6. The molecule has 408 valence electrons. The predicted molar refractivity (Wildman–Crippen MR) is 302 cm³/mol. The Morgan fingerprint density at radius 2 is 0.915 bits per heavy atom. The SMILES string of the molecule is CC\C=C/C=C/C=C/C=C\C=C\C=C\CCCCCC(=O)NC(COP(=O)([O-])OCC[N+](C)(C)C)C(/C=C/CCCCCCCCCCC)OC(=O)CCCCCCCCC/C=C/CCCCCCCC. The van der Waals surface area contributed by atoms with E-state index < -0.39 is 26.6 Å². The molecule has 0 saturated heterocycles. The Kier molecular flexibility index (Phi) is 48.3. The van der Waals surface area contributed by atoms with E-state index in [1.807, 2.05) is 94.1 Å². The largest absolute Gasteiger partial charge is 0.756 e. The number of esters is 1. The molecule has 0 aromatic carbocycles. The molecule has 0 saturated carbocycles. The summed E-state index contributed by atoms with van der Waals surface area (Å²) in [4.78, 5) is 39.8. The van der Waals surface area contributed by atoms with Gasteiger partial charge in [0.1, 0.15) is 19.3 Å². The normalized spacial score (nSPS) is 14.5. The molecule has 0 aliphatic heterocycles. The van der Waals surface area contributed by atoms with Crippen molar-refractivity contribution >= 4 is 19.7 Å². The van der Waals surface area contributed by atoms with Crippen LogP contribution in [0.15, 0.2) is 97.2 Å². The molecule has 3 unspecified atom stereocenters. The lowest BCUT2D eigenvalue weighted by molar-refractivity contribution is -0.870. The molecule has 0 aliphatic rings. The zero-order valence-electron chi connectivity index (χ0n) is 46.4. The zero-order valence-corrected chi connectivity index (χ0v) is 47.3. The number of likely N-dealkylation sites (N-methyl/N-ethyl adjacent to an activating group) is 1. The Bertz CT molecular complexity index is 1540. The van der Waals surface area contributed by atoms with E-state index in [0.717, 1.165) is 70.6 Å². The van der Waals surface area contributed by atoms with Gasteiger partial charge < -0.3 is 28.5 Å². The molecule has 0 spiro atoms. The van der Waals surface area contributed by atoms with Gasteiger partial charge in [0, 0.05) is 12.8 Å². The van der Waals surface area contributed by atoms with Crippen LogP contribution in [0.1, 0.15) is 226 Å². The van der Waals surface area contributed by atoms with Crippen LogP contribution in [0.2, 0.25) is 0 Å². The van der Waals surface area contributed by atoms with Gasteiger partial charge in [0.2, 0.25) is 5.91 Å². The number of amides is 1. The Morgan fingerprint density at radius 1 is 0.507 bits per heavy atom. The number of carbonyl (C=O) groups excluding carboxylic acids is 2. The van der Waals surface area contributed by atoms with Crippen molar-refractivity contribution in [2.24, 2.45) is 0 Å². The molecular weight excluding hydrogens is 904 g/mol. The minimum atomic E-state index is -4.71. The Balaban J connectivity index is 5.42. The van der Waals surface area contributed by atoms with Gasteiger partial charge in [-0.15, -0.1) is 0 Å². The Hall–Kier alpha value is -3.07. The van der Waals surface area contributed by atoms with Crippen molar-refractivity contribution in [3.05, 3.63) is 97.2 Å². The standard InChI is InChI=1S/C61H107N2O7P/c1-7-10-13-16-19-22-25-27-29-31-33-35-38-41-44-47-50-53-60(64)62-58(57-69-71(66,67)68-56-55-63(4,5)6)59(52-49-46-43-40-37-24-21-18-15-12-9-3)70-61(65)54-51-48-45-42-39-36-34-32-30-28-26-23-20-17-14-11-8-2/h10,13,16,19,22,25,27-31,33,35,38,49,52,58-59H,7-9,11-12,14-15,17-18,20-21,23-24,26,32,34,36-37,39-48,50-51,53-57H2,1-6H3,(H-,62,64,66,67)/b13-10-,19-16+,25-22+,29-27-,30-28+,33-31+,38-35+,52-49+. The number of rotatable bonds is 50. The van der Waals surface area contributed by atoms with Crippen LogP contribution in [-0.2, 0) is 27.9 Å². The number of hydrogen-bond donors (Lipinski definition) is 1. The molecule has 0 aromatic heterocycles. The molecule has 0 bridgehead atoms. The Labute approximate surface area is 437 Å². The third-order valence-corrected chi connectivity index (χ3v) is 13.1. The average Bonchev–Trinajstić information content (AvgIpc) is 3.33. The van der Waals surface area contributed by atoms with Gasteiger partial charge in [-0.25, -0.2) is 0 Å². The molecule has 0 rings (SSSR count). The fourth-order valence-electron chi connectivity index (χ4n) is 7.72. The number of phosphoric ester groups is 1. The van der Waals surface area contributed by atoms with E-state index in [9.17, 15) is 19.0 Å². The van der Waals surface area contributed by atoms with Gasteiger partial charge in [-0.05, 0) is 76.7 Å². The zero-order chi connectivity index (χ0) is 52.2. The van der Waals surface area contributed by atoms with Gasteiger partial charge in [-0.2, -0.15) is 0 Å². The molecular formula is C61H107N2O7P. The van der Waals surface area contributed by atoms with E-state index in [1.165, 1.54) is 109 Å². The third kappa shape index (κ3) is 51.6. The average molecular weight is 1010 g/mol. The molecule has 9 nitrogen and oxygen atoms in total. The van der Waals surface area contributed by atoms with Crippen LogP contribution in [0, 0.1) is 0 Å². The van der Waals surface area contributed by atoms with E-state index in [4.69, 9.17) is 13.8 Å². The van der Waals surface area contributed by atoms with Crippen molar-refractivity contribution in [3.63, 3.8) is 0 Å². The van der Waals surface area contributed by atoms with Crippen LogP contribution in [0.25, 0.3) is 0 Å². The van der Waals surface area contributed by atoms with Crippen molar-refractivity contribution in [3.8, 4) is 0 Å². The van der Waals surface area contributed by atoms with Gasteiger partial charge in [-0.3, -0.25) is 14.2 Å². The fraction of sp³-hybridized carbons (Fsp3) is 0.705. The molecule has 71 heavy (non-hydrogen) atoms. The number of unbranched alkanes of at least 4 members (excludes halogenated alkanes) is 25. The second-order valence-electron chi connectivity index (χ2n) is 20.2. The summed E-state index contributed by atoms with van der Waals surface area (Å²) in [5, 5.41) is 2.99. The maximum absolute atomic E-state index is 13.5. The minimum Gasteiger partial charge on any atom is -0.756 e. The van der Waals surface area contributed by atoms with E-state index in [2.05, 4.69) is 50.4 Å². The highest BCUT2D eigenvalue weighted by molar-refractivity contribution is 7.45. The number of allylic oxidation sites excluding steroid dienone is 15. The quantitative estimate of drug-likeness (QED) is 0.0161. The van der Waals surface area contributed by atoms with Crippen LogP contribution >= 0.6 is 7.82 Å². The minimum absolute atomic E-state index is 0.0369. The molecule has 0 heterocycles. The lowest BCUT2D eigenvalue weighted by Gasteiger charge is -2.30. The van der Waals surface area contributed by atoms with E-state index in [1.54, 1.807) is 0 Å². The van der Waals surface area contributed by atoms with Gasteiger partial charge >= 0.3 is 5.97 Å². The summed E-state index contributed by atoms with van der Waals surface area (Å²) in [5.74, 6) is -0.603. The van der Waals surface area contributed by atoms with Crippen LogP contribution in [0.3, 0.4) is 0 Å². The number of quaternary nitrogens is 1. The van der Waals surface area contributed by atoms with Crippen LogP contribution in [0.5, 0.6) is 0 Å². The molecule has 3 atom stereocenters. The second kappa shape index (κ2) is 50.5. The number of nitrogens with zero attached hydrogens (tertiary/aromatic N) is 1.